The zero-order chi connectivity index (χ0) is 21.8. The van der Waals surface area contributed by atoms with Crippen molar-refractivity contribution in [3.63, 3.8) is 0 Å². The van der Waals surface area contributed by atoms with E-state index >= 15 is 0 Å². The number of aromatic carboxylic acids is 1. The molecule has 31 heavy (non-hydrogen) atoms. The number of hydrogen-bond acceptors (Lipinski definition) is 4. The Labute approximate surface area is 184 Å². The summed E-state index contributed by atoms with van der Waals surface area (Å²) in [5, 5.41) is 9.10. The number of nitrogens with zero attached hydrogens (tertiary/aromatic N) is 1. The molecule has 0 aromatic heterocycles. The van der Waals surface area contributed by atoms with Gasteiger partial charge < -0.3 is 14.6 Å². The van der Waals surface area contributed by atoms with Gasteiger partial charge in [-0.15, -0.1) is 0 Å². The molecule has 5 rings (SSSR count). The van der Waals surface area contributed by atoms with Gasteiger partial charge in [0.1, 0.15) is 11.4 Å². The number of carboxylic acids is 1. The number of carbonyl (C=O) groups is 1. The van der Waals surface area contributed by atoms with Crippen LogP contribution in [0, 0.1) is 18.8 Å². The van der Waals surface area contributed by atoms with Gasteiger partial charge >= 0.3 is 5.97 Å². The summed E-state index contributed by atoms with van der Waals surface area (Å²) in [6, 6.07) is 13.7. The third-order valence-electron chi connectivity index (χ3n) is 7.34. The highest BCUT2D eigenvalue weighted by Gasteiger charge is 2.51. The fourth-order valence-electron chi connectivity index (χ4n) is 5.64. The van der Waals surface area contributed by atoms with Crippen LogP contribution in [0.1, 0.15) is 59.8 Å². The predicted octanol–water partition coefficient (Wildman–Crippen LogP) is 4.83. The highest BCUT2D eigenvalue weighted by atomic mass is 16.5. The lowest BCUT2D eigenvalue weighted by atomic mass is 9.70. The zero-order valence-electron chi connectivity index (χ0n) is 18.5. The molecule has 3 aliphatic heterocycles. The van der Waals surface area contributed by atoms with Gasteiger partial charge in [-0.3, -0.25) is 4.90 Å². The fraction of sp³-hybridized carbons (Fsp3) is 0.500. The first-order valence-electron chi connectivity index (χ1n) is 11.3. The number of aryl methyl sites for hydroxylation is 1. The molecule has 0 radical (unpaired) electrons. The summed E-state index contributed by atoms with van der Waals surface area (Å²) in [4.78, 5) is 13.6. The lowest BCUT2D eigenvalue weighted by molar-refractivity contribution is -0.187. The van der Waals surface area contributed by atoms with Crippen LogP contribution < -0.4 is 4.74 Å². The zero-order valence-corrected chi connectivity index (χ0v) is 18.5. The first-order chi connectivity index (χ1) is 14.8. The quantitative estimate of drug-likeness (QED) is 0.769. The Bertz CT molecular complexity index is 983. The van der Waals surface area contributed by atoms with Gasteiger partial charge in [-0.05, 0) is 68.9 Å². The van der Waals surface area contributed by atoms with Crippen LogP contribution in [-0.2, 0) is 11.3 Å². The molecule has 5 heteroatoms. The number of likely N-dealkylation sites (tertiary alicyclic amines) is 1. The van der Waals surface area contributed by atoms with E-state index in [1.165, 1.54) is 11.1 Å². The van der Waals surface area contributed by atoms with Crippen molar-refractivity contribution < 1.29 is 19.4 Å². The third-order valence-corrected chi connectivity index (χ3v) is 7.34. The van der Waals surface area contributed by atoms with Gasteiger partial charge in [0.05, 0.1) is 17.8 Å². The second-order valence-corrected chi connectivity index (χ2v) is 9.97. The molecule has 0 amide bonds. The number of benzene rings is 2. The fourth-order valence-corrected chi connectivity index (χ4v) is 5.64. The molecule has 0 unspecified atom stereocenters. The van der Waals surface area contributed by atoms with E-state index in [1.807, 2.05) is 12.1 Å². The molecule has 2 saturated heterocycles. The van der Waals surface area contributed by atoms with E-state index in [9.17, 15) is 4.79 Å². The third kappa shape index (κ3) is 3.85. The maximum absolute atomic E-state index is 11.1. The molecule has 2 aromatic carbocycles. The van der Waals surface area contributed by atoms with Crippen molar-refractivity contribution in [2.45, 2.75) is 58.0 Å². The van der Waals surface area contributed by atoms with Crippen molar-refractivity contribution in [3.8, 4) is 5.75 Å². The molecular formula is C26H31NO4. The van der Waals surface area contributed by atoms with Crippen molar-refractivity contribution in [2.24, 2.45) is 11.8 Å². The van der Waals surface area contributed by atoms with E-state index in [0.717, 1.165) is 43.8 Å². The molecule has 2 aromatic rings. The van der Waals surface area contributed by atoms with Gasteiger partial charge in [0, 0.05) is 31.1 Å². The van der Waals surface area contributed by atoms with E-state index in [4.69, 9.17) is 14.6 Å². The molecule has 5 nitrogen and oxygen atoms in total. The molecule has 0 saturated carbocycles. The highest BCUT2D eigenvalue weighted by molar-refractivity contribution is 5.87. The number of piperidine rings is 1. The molecule has 164 valence electrons. The molecule has 2 fully saturated rings. The summed E-state index contributed by atoms with van der Waals surface area (Å²) < 4.78 is 13.2. The Kier molecular flexibility index (Phi) is 5.06. The Morgan fingerprint density at radius 1 is 1.19 bits per heavy atom. The van der Waals surface area contributed by atoms with Gasteiger partial charge in [-0.25, -0.2) is 4.79 Å². The number of hydrogen-bond donors (Lipinski definition) is 1. The molecular weight excluding hydrogens is 390 g/mol. The number of rotatable bonds is 3. The molecule has 3 heterocycles. The largest absolute Gasteiger partial charge is 0.487 e. The Balaban J connectivity index is 1.31. The standard InChI is InChI=1S/C26H31NO4/c1-16-4-9-20-23(12-16)31-26(2,3)21-13-19-15-27(11-10-22(19)30-24(20)21)14-17-5-7-18(8-6-17)25(28)29/h4-9,12,19,21-22,24H,10-11,13-15H2,1-3H3,(H,28,29)/t19-,21+,22+,24-/m1/s1. The average molecular weight is 422 g/mol. The normalized spacial score (nSPS) is 29.3. The second-order valence-electron chi connectivity index (χ2n) is 9.97. The van der Waals surface area contributed by atoms with Gasteiger partial charge in [0.2, 0.25) is 0 Å². The Hall–Kier alpha value is -2.37. The molecule has 4 atom stereocenters. The summed E-state index contributed by atoms with van der Waals surface area (Å²) in [6.45, 7) is 9.35. The van der Waals surface area contributed by atoms with E-state index < -0.39 is 5.97 Å². The van der Waals surface area contributed by atoms with Crippen LogP contribution in [0.2, 0.25) is 0 Å². The molecule has 0 aliphatic carbocycles. The summed E-state index contributed by atoms with van der Waals surface area (Å²) in [5.41, 5.74) is 3.65. The van der Waals surface area contributed by atoms with Gasteiger partial charge in [-0.1, -0.05) is 24.3 Å². The van der Waals surface area contributed by atoms with Crippen LogP contribution >= 0.6 is 0 Å². The Morgan fingerprint density at radius 3 is 2.71 bits per heavy atom. The van der Waals surface area contributed by atoms with Gasteiger partial charge in [0.15, 0.2) is 0 Å². The van der Waals surface area contributed by atoms with Crippen molar-refractivity contribution in [2.75, 3.05) is 13.1 Å². The van der Waals surface area contributed by atoms with E-state index in [1.54, 1.807) is 12.1 Å². The number of ether oxygens (including phenoxy) is 2. The smallest absolute Gasteiger partial charge is 0.335 e. The topological polar surface area (TPSA) is 59.0 Å². The molecule has 3 aliphatic rings. The van der Waals surface area contributed by atoms with E-state index in [-0.39, 0.29) is 17.8 Å². The van der Waals surface area contributed by atoms with Crippen molar-refractivity contribution in [3.05, 3.63) is 64.7 Å². The van der Waals surface area contributed by atoms with Crippen molar-refractivity contribution in [1.29, 1.82) is 0 Å². The van der Waals surface area contributed by atoms with Crippen LogP contribution in [0.3, 0.4) is 0 Å². The van der Waals surface area contributed by atoms with Crippen molar-refractivity contribution >= 4 is 5.97 Å². The number of fused-ring (bicyclic) bond motifs is 4. The first-order valence-corrected chi connectivity index (χ1v) is 11.3. The van der Waals surface area contributed by atoms with Crippen molar-refractivity contribution in [1.82, 2.24) is 4.90 Å². The van der Waals surface area contributed by atoms with E-state index in [2.05, 4.69) is 43.9 Å². The van der Waals surface area contributed by atoms with Crippen LogP contribution in [0.15, 0.2) is 42.5 Å². The SMILES string of the molecule is Cc1ccc2c(c1)OC(C)(C)[C@H]1C[C@@H]3CN(Cc4ccc(C(=O)O)cc4)CC[C@@H]3O[C@H]21. The average Bonchev–Trinajstić information content (AvgIpc) is 2.72. The van der Waals surface area contributed by atoms with Gasteiger partial charge in [-0.2, -0.15) is 0 Å². The maximum atomic E-state index is 11.1. The van der Waals surface area contributed by atoms with Crippen LogP contribution in [0.4, 0.5) is 0 Å². The molecule has 0 spiro atoms. The summed E-state index contributed by atoms with van der Waals surface area (Å²) in [7, 11) is 0. The minimum absolute atomic E-state index is 0.107. The monoisotopic (exact) mass is 421 g/mol. The molecule has 1 N–H and O–H groups in total. The Morgan fingerprint density at radius 2 is 1.97 bits per heavy atom. The maximum Gasteiger partial charge on any atom is 0.335 e. The molecule has 0 bridgehead atoms. The predicted molar refractivity (Wildman–Crippen MR) is 118 cm³/mol. The minimum Gasteiger partial charge on any atom is -0.487 e. The minimum atomic E-state index is -0.879. The van der Waals surface area contributed by atoms with E-state index in [0.29, 0.717) is 17.4 Å². The second kappa shape index (κ2) is 7.64. The number of carboxylic acid groups (broad SMARTS) is 1. The van der Waals surface area contributed by atoms with Crippen LogP contribution in [0.25, 0.3) is 0 Å². The highest BCUT2D eigenvalue weighted by Crippen LogP contribution is 2.53. The summed E-state index contributed by atoms with van der Waals surface area (Å²) in [5.74, 6) is 0.921. The van der Waals surface area contributed by atoms with Crippen LogP contribution in [-0.4, -0.2) is 40.8 Å². The summed E-state index contributed by atoms with van der Waals surface area (Å²) >= 11 is 0. The lowest BCUT2D eigenvalue weighted by Crippen LogP contribution is -2.55. The first kappa shape index (κ1) is 20.5. The lowest BCUT2D eigenvalue weighted by Gasteiger charge is -2.53. The van der Waals surface area contributed by atoms with Gasteiger partial charge in [0.25, 0.3) is 0 Å². The summed E-state index contributed by atoms with van der Waals surface area (Å²) in [6.07, 6.45) is 2.53. The van der Waals surface area contributed by atoms with Crippen LogP contribution in [0.5, 0.6) is 5.75 Å².